The lowest BCUT2D eigenvalue weighted by atomic mass is 10.1. The van der Waals surface area contributed by atoms with Crippen LogP contribution in [0.25, 0.3) is 0 Å². The molecular weight excluding hydrogens is 469 g/mol. The van der Waals surface area contributed by atoms with Crippen LogP contribution in [-0.2, 0) is 19.4 Å². The van der Waals surface area contributed by atoms with Crippen LogP contribution >= 0.6 is 24.0 Å². The zero-order valence-corrected chi connectivity index (χ0v) is 19.7. The predicted molar refractivity (Wildman–Crippen MR) is 118 cm³/mol. The molecule has 0 saturated heterocycles. The van der Waals surface area contributed by atoms with E-state index in [0.29, 0.717) is 26.0 Å². The summed E-state index contributed by atoms with van der Waals surface area (Å²) < 4.78 is 27.3. The molecule has 0 bridgehead atoms. The quantitative estimate of drug-likeness (QED) is 0.131. The van der Waals surface area contributed by atoms with Crippen molar-refractivity contribution in [3.63, 3.8) is 0 Å². The first kappa shape index (κ1) is 27.6. The number of aliphatic imine (C=N–C) groups is 1. The molecule has 0 aliphatic carbocycles. The average Bonchev–Trinajstić information content (AvgIpc) is 2.51. The molecule has 0 aromatic rings. The number of guanidine groups is 1. The summed E-state index contributed by atoms with van der Waals surface area (Å²) in [5.41, 5.74) is 0. The van der Waals surface area contributed by atoms with Crippen LogP contribution in [0.4, 0.5) is 0 Å². The molecule has 26 heavy (non-hydrogen) atoms. The molecule has 0 radical (unpaired) electrons. The summed E-state index contributed by atoms with van der Waals surface area (Å²) >= 11 is 0. The Kier molecular flexibility index (Phi) is 17.6. The van der Waals surface area contributed by atoms with Gasteiger partial charge in [-0.15, -0.1) is 24.0 Å². The number of esters is 1. The summed E-state index contributed by atoms with van der Waals surface area (Å²) in [4.78, 5) is 15.7. The Hall–Kier alpha value is -0.580. The van der Waals surface area contributed by atoms with Gasteiger partial charge in [-0.2, -0.15) is 0 Å². The lowest BCUT2D eigenvalue weighted by molar-refractivity contribution is -0.143. The number of ether oxygens (including phenoxy) is 1. The van der Waals surface area contributed by atoms with Gasteiger partial charge in [0.25, 0.3) is 0 Å². The van der Waals surface area contributed by atoms with Crippen LogP contribution in [0.5, 0.6) is 0 Å². The van der Waals surface area contributed by atoms with Crippen molar-refractivity contribution >= 4 is 45.7 Å². The van der Waals surface area contributed by atoms with Crippen molar-refractivity contribution in [3.05, 3.63) is 0 Å². The van der Waals surface area contributed by atoms with Crippen LogP contribution in [-0.4, -0.2) is 58.1 Å². The summed E-state index contributed by atoms with van der Waals surface area (Å²) in [5.74, 6) is 0.762. The van der Waals surface area contributed by atoms with Crippen molar-refractivity contribution < 1.29 is 17.9 Å². The molecule has 7 nitrogen and oxygen atoms in total. The molecule has 9 heteroatoms. The van der Waals surface area contributed by atoms with E-state index in [1.165, 1.54) is 6.26 Å². The third kappa shape index (κ3) is 18.2. The molecule has 1 atom stereocenters. The van der Waals surface area contributed by atoms with E-state index in [2.05, 4.69) is 15.6 Å². The Morgan fingerprint density at radius 1 is 1.15 bits per heavy atom. The second-order valence-electron chi connectivity index (χ2n) is 6.19. The molecule has 0 rings (SSSR count). The summed E-state index contributed by atoms with van der Waals surface area (Å²) in [6.07, 6.45) is 6.10. The summed E-state index contributed by atoms with van der Waals surface area (Å²) in [6.45, 7) is 7.66. The van der Waals surface area contributed by atoms with Crippen LogP contribution in [0.15, 0.2) is 4.99 Å². The monoisotopic (exact) mass is 505 g/mol. The maximum absolute atomic E-state index is 11.2. The largest absolute Gasteiger partial charge is 0.466 e. The smallest absolute Gasteiger partial charge is 0.305 e. The maximum atomic E-state index is 11.2. The van der Waals surface area contributed by atoms with Crippen molar-refractivity contribution in [1.29, 1.82) is 0 Å². The number of unbranched alkanes of at least 4 members (excludes halogenated alkanes) is 3. The van der Waals surface area contributed by atoms with Gasteiger partial charge in [-0.25, -0.2) is 8.42 Å². The SMILES string of the molecule is CCNC(=NCCCCCCC(=O)OCC)NC(C)CCS(C)(=O)=O.I. The molecule has 0 saturated carbocycles. The van der Waals surface area contributed by atoms with Crippen molar-refractivity contribution in [2.45, 2.75) is 65.3 Å². The lowest BCUT2D eigenvalue weighted by Gasteiger charge is -2.17. The highest BCUT2D eigenvalue weighted by atomic mass is 127. The highest BCUT2D eigenvalue weighted by molar-refractivity contribution is 14.0. The molecule has 2 N–H and O–H groups in total. The van der Waals surface area contributed by atoms with Crippen molar-refractivity contribution in [3.8, 4) is 0 Å². The zero-order valence-electron chi connectivity index (χ0n) is 16.5. The van der Waals surface area contributed by atoms with Crippen molar-refractivity contribution in [2.75, 3.05) is 31.7 Å². The number of hydrogen-bond donors (Lipinski definition) is 2. The van der Waals surface area contributed by atoms with Crippen LogP contribution in [0.2, 0.25) is 0 Å². The van der Waals surface area contributed by atoms with Gasteiger partial charge in [0.05, 0.1) is 12.4 Å². The zero-order chi connectivity index (χ0) is 19.1. The van der Waals surface area contributed by atoms with Gasteiger partial charge in [0.2, 0.25) is 0 Å². The average molecular weight is 505 g/mol. The van der Waals surface area contributed by atoms with E-state index >= 15 is 0 Å². The summed E-state index contributed by atoms with van der Waals surface area (Å²) in [6, 6.07) is 0.0390. The number of carbonyl (C=O) groups excluding carboxylic acids is 1. The molecule has 0 aliphatic heterocycles. The molecule has 0 aliphatic rings. The van der Waals surface area contributed by atoms with Gasteiger partial charge in [-0.3, -0.25) is 9.79 Å². The second-order valence-corrected chi connectivity index (χ2v) is 8.45. The van der Waals surface area contributed by atoms with E-state index in [4.69, 9.17) is 4.74 Å². The topological polar surface area (TPSA) is 96.9 Å². The second kappa shape index (κ2) is 16.6. The Morgan fingerprint density at radius 3 is 2.38 bits per heavy atom. The molecule has 0 aromatic heterocycles. The molecular formula is C17H36IN3O4S. The molecule has 0 spiro atoms. The Balaban J connectivity index is 0. The van der Waals surface area contributed by atoms with Gasteiger partial charge in [-0.1, -0.05) is 12.8 Å². The number of nitrogens with one attached hydrogen (secondary N) is 2. The van der Waals surface area contributed by atoms with E-state index in [-0.39, 0.29) is 41.7 Å². The molecule has 0 fully saturated rings. The first-order valence-electron chi connectivity index (χ1n) is 9.16. The molecule has 156 valence electrons. The van der Waals surface area contributed by atoms with Gasteiger partial charge in [0.1, 0.15) is 9.84 Å². The van der Waals surface area contributed by atoms with Gasteiger partial charge in [-0.05, 0) is 40.0 Å². The third-order valence-electron chi connectivity index (χ3n) is 3.51. The normalized spacial score (nSPS) is 12.8. The number of sulfone groups is 1. The fourth-order valence-electron chi connectivity index (χ4n) is 2.18. The van der Waals surface area contributed by atoms with E-state index < -0.39 is 9.84 Å². The third-order valence-corrected chi connectivity index (χ3v) is 4.49. The highest BCUT2D eigenvalue weighted by Gasteiger charge is 2.09. The summed E-state index contributed by atoms with van der Waals surface area (Å²) in [5, 5.41) is 6.40. The minimum absolute atomic E-state index is 0. The number of hydrogen-bond acceptors (Lipinski definition) is 5. The van der Waals surface area contributed by atoms with Gasteiger partial charge in [0.15, 0.2) is 5.96 Å². The Morgan fingerprint density at radius 2 is 1.81 bits per heavy atom. The summed E-state index contributed by atoms with van der Waals surface area (Å²) in [7, 11) is -2.94. The van der Waals surface area contributed by atoms with E-state index in [1.807, 2.05) is 20.8 Å². The van der Waals surface area contributed by atoms with E-state index in [0.717, 1.165) is 38.2 Å². The van der Waals surface area contributed by atoms with Crippen LogP contribution < -0.4 is 10.6 Å². The lowest BCUT2D eigenvalue weighted by Crippen LogP contribution is -2.42. The predicted octanol–water partition coefficient (Wildman–Crippen LogP) is 2.50. The van der Waals surface area contributed by atoms with Gasteiger partial charge >= 0.3 is 5.97 Å². The number of rotatable bonds is 13. The van der Waals surface area contributed by atoms with Crippen molar-refractivity contribution in [2.24, 2.45) is 4.99 Å². The Bertz CT molecular complexity index is 498. The molecule has 0 aromatic carbocycles. The number of halogens is 1. The minimum Gasteiger partial charge on any atom is -0.466 e. The highest BCUT2D eigenvalue weighted by Crippen LogP contribution is 2.04. The molecule has 0 heterocycles. The molecule has 0 amide bonds. The fraction of sp³-hybridized carbons (Fsp3) is 0.882. The minimum atomic E-state index is -2.94. The number of carbonyl (C=O) groups is 1. The van der Waals surface area contributed by atoms with Gasteiger partial charge < -0.3 is 15.4 Å². The fourth-order valence-corrected chi connectivity index (χ4v) is 2.96. The molecule has 1 unspecified atom stereocenters. The van der Waals surface area contributed by atoms with E-state index in [1.54, 1.807) is 0 Å². The van der Waals surface area contributed by atoms with Crippen molar-refractivity contribution in [1.82, 2.24) is 10.6 Å². The number of nitrogens with zero attached hydrogens (tertiary/aromatic N) is 1. The van der Waals surface area contributed by atoms with Crippen LogP contribution in [0.3, 0.4) is 0 Å². The van der Waals surface area contributed by atoms with Gasteiger partial charge in [0, 0.05) is 31.8 Å². The standard InChI is InChI=1S/C17H35N3O4S.HI/c1-5-18-17(20-15(3)12-14-25(4,22)23)19-13-10-8-7-9-11-16(21)24-6-2;/h15H,5-14H2,1-4H3,(H2,18,19,20);1H. The Labute approximate surface area is 176 Å². The van der Waals surface area contributed by atoms with Crippen LogP contribution in [0.1, 0.15) is 59.3 Å². The van der Waals surface area contributed by atoms with Crippen LogP contribution in [0, 0.1) is 0 Å². The van der Waals surface area contributed by atoms with E-state index in [9.17, 15) is 13.2 Å². The first-order valence-corrected chi connectivity index (χ1v) is 11.2. The maximum Gasteiger partial charge on any atom is 0.305 e. The first-order chi connectivity index (χ1) is 11.8.